The third-order valence-electron chi connectivity index (χ3n) is 2.72. The lowest BCUT2D eigenvalue weighted by Crippen LogP contribution is -2.45. The Kier molecular flexibility index (Phi) is 4.86. The smallest absolute Gasteiger partial charge is 0.283 e. The van der Waals surface area contributed by atoms with Crippen molar-refractivity contribution in [2.45, 2.75) is 38.3 Å². The molecule has 1 aromatic carbocycles. The predicted octanol–water partition coefficient (Wildman–Crippen LogP) is 1.24. The van der Waals surface area contributed by atoms with Crippen LogP contribution in [0.4, 0.5) is 0 Å². The largest absolute Gasteiger partial charge is 0.391 e. The lowest BCUT2D eigenvalue weighted by molar-refractivity contribution is 0.165. The van der Waals surface area contributed by atoms with Gasteiger partial charge in [-0.15, -0.1) is 0 Å². The molecule has 1 aromatic rings. The Morgan fingerprint density at radius 1 is 1.28 bits per heavy atom. The standard InChI is InChI=1S/C12H19NO4S/c1-8-5-4-6-11(7-8)9(2)13-12(10(3)14)18(15,16)17/h4-7,9-10,12-14H,1-3H3,(H,15,16,17). The Labute approximate surface area is 108 Å². The SMILES string of the molecule is Cc1cccc(C(C)NC(C(C)O)S(=O)(=O)O)c1. The molecule has 0 aliphatic rings. The molecular weight excluding hydrogens is 254 g/mol. The van der Waals surface area contributed by atoms with Crippen molar-refractivity contribution >= 4 is 10.1 Å². The van der Waals surface area contributed by atoms with Crippen LogP contribution in [0, 0.1) is 6.92 Å². The van der Waals surface area contributed by atoms with Gasteiger partial charge in [0.15, 0.2) is 5.37 Å². The minimum absolute atomic E-state index is 0.300. The van der Waals surface area contributed by atoms with Crippen LogP contribution >= 0.6 is 0 Å². The summed E-state index contributed by atoms with van der Waals surface area (Å²) >= 11 is 0. The highest BCUT2D eigenvalue weighted by Crippen LogP contribution is 2.16. The fraction of sp³-hybridized carbons (Fsp3) is 0.500. The van der Waals surface area contributed by atoms with Crippen molar-refractivity contribution in [2.75, 3.05) is 0 Å². The van der Waals surface area contributed by atoms with Crippen molar-refractivity contribution in [3.05, 3.63) is 35.4 Å². The van der Waals surface area contributed by atoms with Crippen molar-refractivity contribution in [3.63, 3.8) is 0 Å². The summed E-state index contributed by atoms with van der Waals surface area (Å²) in [6.07, 6.45) is -1.20. The molecule has 0 bridgehead atoms. The highest BCUT2D eigenvalue weighted by Gasteiger charge is 2.29. The molecule has 0 aliphatic heterocycles. The van der Waals surface area contributed by atoms with Crippen molar-refractivity contribution in [1.29, 1.82) is 0 Å². The van der Waals surface area contributed by atoms with Gasteiger partial charge >= 0.3 is 0 Å². The first-order valence-corrected chi connectivity index (χ1v) is 7.19. The van der Waals surface area contributed by atoms with Gasteiger partial charge < -0.3 is 5.11 Å². The number of benzene rings is 1. The number of aliphatic hydroxyl groups is 1. The molecule has 0 aliphatic carbocycles. The summed E-state index contributed by atoms with van der Waals surface area (Å²) in [4.78, 5) is 0. The molecule has 3 N–H and O–H groups in total. The molecule has 1 rings (SSSR count). The second-order valence-electron chi connectivity index (χ2n) is 4.48. The molecule has 0 fully saturated rings. The number of aliphatic hydroxyl groups excluding tert-OH is 1. The Balaban J connectivity index is 2.89. The molecular formula is C12H19NO4S. The van der Waals surface area contributed by atoms with E-state index >= 15 is 0 Å². The second kappa shape index (κ2) is 5.79. The van der Waals surface area contributed by atoms with Crippen LogP contribution in [-0.2, 0) is 10.1 Å². The Bertz CT molecular complexity index is 499. The topological polar surface area (TPSA) is 86.6 Å². The predicted molar refractivity (Wildman–Crippen MR) is 69.7 cm³/mol. The van der Waals surface area contributed by atoms with Gasteiger partial charge in [0.25, 0.3) is 10.1 Å². The summed E-state index contributed by atoms with van der Waals surface area (Å²) in [5, 5.41) is 10.7. The number of hydrogen-bond donors (Lipinski definition) is 3. The van der Waals surface area contributed by atoms with Crippen LogP contribution in [0.3, 0.4) is 0 Å². The fourth-order valence-electron chi connectivity index (χ4n) is 1.76. The molecule has 6 heteroatoms. The van der Waals surface area contributed by atoms with Crippen LogP contribution in [0.1, 0.15) is 31.0 Å². The quantitative estimate of drug-likeness (QED) is 0.703. The van der Waals surface area contributed by atoms with Crippen LogP contribution in [-0.4, -0.2) is 29.6 Å². The van der Waals surface area contributed by atoms with Gasteiger partial charge in [0.05, 0.1) is 6.10 Å². The molecule has 0 heterocycles. The Hall–Kier alpha value is -0.950. The van der Waals surface area contributed by atoms with Crippen LogP contribution < -0.4 is 5.32 Å². The maximum absolute atomic E-state index is 11.1. The number of aryl methyl sites for hydroxylation is 1. The van der Waals surface area contributed by atoms with Gasteiger partial charge in [-0.3, -0.25) is 9.87 Å². The van der Waals surface area contributed by atoms with Crippen LogP contribution in [0.2, 0.25) is 0 Å². The average molecular weight is 273 g/mol. The molecule has 0 saturated carbocycles. The second-order valence-corrected chi connectivity index (χ2v) is 6.02. The fourth-order valence-corrected chi connectivity index (χ4v) is 2.63. The van der Waals surface area contributed by atoms with E-state index in [1.165, 1.54) is 6.92 Å². The van der Waals surface area contributed by atoms with Crippen molar-refractivity contribution < 1.29 is 18.1 Å². The Morgan fingerprint density at radius 2 is 1.89 bits per heavy atom. The first-order chi connectivity index (χ1) is 8.21. The Morgan fingerprint density at radius 3 is 2.33 bits per heavy atom. The van der Waals surface area contributed by atoms with Gasteiger partial charge in [0.1, 0.15) is 0 Å². The molecule has 3 atom stereocenters. The maximum Gasteiger partial charge on any atom is 0.283 e. The van der Waals surface area contributed by atoms with E-state index in [1.807, 2.05) is 31.2 Å². The number of hydrogen-bond acceptors (Lipinski definition) is 4. The molecule has 0 aromatic heterocycles. The van der Waals surface area contributed by atoms with E-state index in [2.05, 4.69) is 5.32 Å². The third kappa shape index (κ3) is 4.06. The normalized spacial score (nSPS) is 17.2. The van der Waals surface area contributed by atoms with Gasteiger partial charge in [-0.05, 0) is 26.3 Å². The zero-order chi connectivity index (χ0) is 13.9. The van der Waals surface area contributed by atoms with Crippen molar-refractivity contribution in [3.8, 4) is 0 Å². The highest BCUT2D eigenvalue weighted by molar-refractivity contribution is 7.86. The van der Waals surface area contributed by atoms with Gasteiger partial charge in [-0.2, -0.15) is 8.42 Å². The molecule has 3 unspecified atom stereocenters. The average Bonchev–Trinajstić information content (AvgIpc) is 2.23. The van der Waals surface area contributed by atoms with E-state index in [1.54, 1.807) is 6.92 Å². The number of rotatable bonds is 5. The van der Waals surface area contributed by atoms with Gasteiger partial charge in [0.2, 0.25) is 0 Å². The van der Waals surface area contributed by atoms with E-state index < -0.39 is 21.6 Å². The molecule has 102 valence electrons. The minimum atomic E-state index is -4.34. The van der Waals surface area contributed by atoms with Gasteiger partial charge in [-0.1, -0.05) is 29.8 Å². The van der Waals surface area contributed by atoms with E-state index in [-0.39, 0.29) is 6.04 Å². The first kappa shape index (κ1) is 15.1. The molecule has 0 saturated heterocycles. The lowest BCUT2D eigenvalue weighted by Gasteiger charge is -2.23. The van der Waals surface area contributed by atoms with Gasteiger partial charge in [-0.25, -0.2) is 0 Å². The summed E-state index contributed by atoms with van der Waals surface area (Å²) in [5.41, 5.74) is 1.95. The summed E-state index contributed by atoms with van der Waals surface area (Å²) in [6, 6.07) is 7.28. The molecule has 18 heavy (non-hydrogen) atoms. The molecule has 0 radical (unpaired) electrons. The molecule has 0 spiro atoms. The van der Waals surface area contributed by atoms with Gasteiger partial charge in [0, 0.05) is 6.04 Å². The van der Waals surface area contributed by atoms with Crippen LogP contribution in [0.5, 0.6) is 0 Å². The summed E-state index contributed by atoms with van der Waals surface area (Å²) in [6.45, 7) is 5.02. The molecule has 5 nitrogen and oxygen atoms in total. The maximum atomic E-state index is 11.1. The zero-order valence-corrected chi connectivity index (χ0v) is 11.5. The lowest BCUT2D eigenvalue weighted by atomic mass is 10.1. The summed E-state index contributed by atoms with van der Waals surface area (Å²) < 4.78 is 31.3. The third-order valence-corrected chi connectivity index (χ3v) is 3.89. The first-order valence-electron chi connectivity index (χ1n) is 5.69. The van der Waals surface area contributed by atoms with E-state index in [0.29, 0.717) is 0 Å². The minimum Gasteiger partial charge on any atom is -0.391 e. The van der Waals surface area contributed by atoms with Crippen LogP contribution in [0.15, 0.2) is 24.3 Å². The summed E-state index contributed by atoms with van der Waals surface area (Å²) in [7, 11) is -4.34. The zero-order valence-electron chi connectivity index (χ0n) is 10.7. The monoisotopic (exact) mass is 273 g/mol. The number of nitrogens with one attached hydrogen (secondary N) is 1. The highest BCUT2D eigenvalue weighted by atomic mass is 32.2. The van der Waals surface area contributed by atoms with Crippen LogP contribution in [0.25, 0.3) is 0 Å². The van der Waals surface area contributed by atoms with E-state index in [4.69, 9.17) is 4.55 Å². The van der Waals surface area contributed by atoms with E-state index in [9.17, 15) is 13.5 Å². The van der Waals surface area contributed by atoms with Crippen molar-refractivity contribution in [1.82, 2.24) is 5.32 Å². The molecule has 0 amide bonds. The van der Waals surface area contributed by atoms with Crippen molar-refractivity contribution in [2.24, 2.45) is 0 Å². The van der Waals surface area contributed by atoms with E-state index in [0.717, 1.165) is 11.1 Å². The summed E-state index contributed by atoms with van der Waals surface area (Å²) in [5.74, 6) is 0.